The molecule has 17 heavy (non-hydrogen) atoms. The van der Waals surface area contributed by atoms with Gasteiger partial charge in [-0.2, -0.15) is 0 Å². The van der Waals surface area contributed by atoms with Gasteiger partial charge in [-0.25, -0.2) is 0 Å². The molecule has 0 aromatic heterocycles. The maximum absolute atomic E-state index is 11.8. The lowest BCUT2D eigenvalue weighted by Crippen LogP contribution is -2.30. The van der Waals surface area contributed by atoms with Crippen molar-refractivity contribution in [2.75, 3.05) is 30.9 Å². The van der Waals surface area contributed by atoms with Crippen LogP contribution in [0, 0.1) is 0 Å². The molecule has 0 bridgehead atoms. The molecule has 0 heterocycles. The Hall–Kier alpha value is -1.81. The van der Waals surface area contributed by atoms with Gasteiger partial charge < -0.3 is 15.4 Å². The Morgan fingerprint density at radius 2 is 2.35 bits per heavy atom. The molecule has 4 heteroatoms. The molecule has 0 fully saturated rings. The van der Waals surface area contributed by atoms with E-state index in [1.54, 1.807) is 25.3 Å². The fourth-order valence-corrected chi connectivity index (χ4v) is 1.30. The Kier molecular flexibility index (Phi) is 5.23. The van der Waals surface area contributed by atoms with Crippen molar-refractivity contribution < 1.29 is 9.53 Å². The molecule has 2 N–H and O–H groups in total. The van der Waals surface area contributed by atoms with Crippen molar-refractivity contribution in [3.8, 4) is 0 Å². The fraction of sp³-hybridized carbons (Fsp3) is 0.308. The SMILES string of the molecule is C=CCCOCC(=O)N(C)c1cccc(N)c1. The lowest BCUT2D eigenvalue weighted by molar-refractivity contribution is -0.122. The number of amides is 1. The highest BCUT2D eigenvalue weighted by atomic mass is 16.5. The van der Waals surface area contributed by atoms with Crippen molar-refractivity contribution in [1.82, 2.24) is 0 Å². The molecule has 0 aliphatic rings. The van der Waals surface area contributed by atoms with Crippen molar-refractivity contribution >= 4 is 17.3 Å². The third kappa shape index (κ3) is 4.28. The third-order valence-corrected chi connectivity index (χ3v) is 2.32. The zero-order valence-corrected chi connectivity index (χ0v) is 10.1. The average molecular weight is 234 g/mol. The number of ether oxygens (including phenoxy) is 1. The molecule has 0 atom stereocenters. The second kappa shape index (κ2) is 6.70. The van der Waals surface area contributed by atoms with Crippen LogP contribution in [0.3, 0.4) is 0 Å². The van der Waals surface area contributed by atoms with E-state index in [9.17, 15) is 4.79 Å². The molecule has 0 aliphatic carbocycles. The molecule has 1 aromatic carbocycles. The van der Waals surface area contributed by atoms with Crippen LogP contribution in [0.1, 0.15) is 6.42 Å². The predicted octanol–water partition coefficient (Wildman–Crippen LogP) is 1.82. The number of carbonyl (C=O) groups is 1. The molecule has 0 saturated carbocycles. The predicted molar refractivity (Wildman–Crippen MR) is 69.9 cm³/mol. The first-order chi connectivity index (χ1) is 8.15. The molecular weight excluding hydrogens is 216 g/mol. The van der Waals surface area contributed by atoms with Gasteiger partial charge in [0.05, 0.1) is 6.61 Å². The van der Waals surface area contributed by atoms with E-state index in [1.807, 2.05) is 12.1 Å². The number of benzene rings is 1. The van der Waals surface area contributed by atoms with Gasteiger partial charge in [-0.1, -0.05) is 12.1 Å². The number of likely N-dealkylation sites (N-methyl/N-ethyl adjacent to an activating group) is 1. The summed E-state index contributed by atoms with van der Waals surface area (Å²) in [4.78, 5) is 13.3. The number of hydrogen-bond acceptors (Lipinski definition) is 3. The number of nitrogens with two attached hydrogens (primary N) is 1. The Morgan fingerprint density at radius 1 is 1.59 bits per heavy atom. The van der Waals surface area contributed by atoms with Crippen LogP contribution in [-0.2, 0) is 9.53 Å². The van der Waals surface area contributed by atoms with Crippen molar-refractivity contribution in [2.24, 2.45) is 0 Å². The summed E-state index contributed by atoms with van der Waals surface area (Å²) in [6, 6.07) is 7.18. The number of nitrogens with zero attached hydrogens (tertiary/aromatic N) is 1. The lowest BCUT2D eigenvalue weighted by Gasteiger charge is -2.17. The second-order valence-corrected chi connectivity index (χ2v) is 3.68. The monoisotopic (exact) mass is 234 g/mol. The number of anilines is 2. The number of carbonyl (C=O) groups excluding carboxylic acids is 1. The van der Waals surface area contributed by atoms with Crippen LogP contribution in [0.2, 0.25) is 0 Å². The van der Waals surface area contributed by atoms with Crippen LogP contribution in [0.5, 0.6) is 0 Å². The number of hydrogen-bond donors (Lipinski definition) is 1. The molecule has 0 radical (unpaired) electrons. The highest BCUT2D eigenvalue weighted by molar-refractivity contribution is 5.94. The van der Waals surface area contributed by atoms with E-state index in [0.29, 0.717) is 12.3 Å². The molecule has 1 rings (SSSR count). The summed E-state index contributed by atoms with van der Waals surface area (Å²) in [6.45, 7) is 4.16. The first-order valence-electron chi connectivity index (χ1n) is 5.46. The van der Waals surface area contributed by atoms with Crippen LogP contribution in [0.4, 0.5) is 11.4 Å². The number of rotatable bonds is 6. The van der Waals surface area contributed by atoms with Crippen molar-refractivity contribution in [1.29, 1.82) is 0 Å². The Bertz CT molecular complexity index is 391. The van der Waals surface area contributed by atoms with Gasteiger partial charge in [-0.3, -0.25) is 4.79 Å². The van der Waals surface area contributed by atoms with E-state index < -0.39 is 0 Å². The highest BCUT2D eigenvalue weighted by Gasteiger charge is 2.10. The molecule has 4 nitrogen and oxygen atoms in total. The minimum absolute atomic E-state index is 0.0686. The topological polar surface area (TPSA) is 55.6 Å². The standard InChI is InChI=1S/C13H18N2O2/c1-3-4-8-17-10-13(16)15(2)12-7-5-6-11(14)9-12/h3,5-7,9H,1,4,8,10,14H2,2H3. The maximum Gasteiger partial charge on any atom is 0.252 e. The maximum atomic E-state index is 11.8. The normalized spacial score (nSPS) is 9.94. The van der Waals surface area contributed by atoms with Crippen molar-refractivity contribution in [3.05, 3.63) is 36.9 Å². The Morgan fingerprint density at radius 3 is 3.00 bits per heavy atom. The fourth-order valence-electron chi connectivity index (χ4n) is 1.30. The van der Waals surface area contributed by atoms with Gasteiger partial charge in [-0.05, 0) is 24.6 Å². The third-order valence-electron chi connectivity index (χ3n) is 2.32. The van der Waals surface area contributed by atoms with Crippen molar-refractivity contribution in [2.45, 2.75) is 6.42 Å². The first-order valence-corrected chi connectivity index (χ1v) is 5.46. The summed E-state index contributed by atoms with van der Waals surface area (Å²) < 4.78 is 5.21. The van der Waals surface area contributed by atoms with E-state index >= 15 is 0 Å². The molecule has 0 unspecified atom stereocenters. The van der Waals surface area contributed by atoms with E-state index in [-0.39, 0.29) is 12.5 Å². The summed E-state index contributed by atoms with van der Waals surface area (Å²) in [5, 5.41) is 0. The summed E-state index contributed by atoms with van der Waals surface area (Å²) in [5.41, 5.74) is 7.06. The van der Waals surface area contributed by atoms with Gasteiger partial charge >= 0.3 is 0 Å². The molecule has 0 saturated heterocycles. The molecule has 92 valence electrons. The minimum Gasteiger partial charge on any atom is -0.399 e. The summed E-state index contributed by atoms with van der Waals surface area (Å²) >= 11 is 0. The summed E-state index contributed by atoms with van der Waals surface area (Å²) in [5.74, 6) is -0.0975. The first kappa shape index (κ1) is 13.3. The summed E-state index contributed by atoms with van der Waals surface area (Å²) in [7, 11) is 1.70. The average Bonchev–Trinajstić information content (AvgIpc) is 2.33. The molecule has 0 spiro atoms. The van der Waals surface area contributed by atoms with Crippen molar-refractivity contribution in [3.63, 3.8) is 0 Å². The quantitative estimate of drug-likeness (QED) is 0.464. The molecule has 1 aromatic rings. The smallest absolute Gasteiger partial charge is 0.252 e. The lowest BCUT2D eigenvalue weighted by atomic mass is 10.2. The van der Waals surface area contributed by atoms with Crippen LogP contribution >= 0.6 is 0 Å². The van der Waals surface area contributed by atoms with E-state index in [2.05, 4.69) is 6.58 Å². The minimum atomic E-state index is -0.0975. The van der Waals surface area contributed by atoms with E-state index in [1.165, 1.54) is 4.90 Å². The molecule has 0 aliphatic heterocycles. The largest absolute Gasteiger partial charge is 0.399 e. The Balaban J connectivity index is 2.49. The van der Waals surface area contributed by atoms with E-state index in [0.717, 1.165) is 12.1 Å². The number of nitrogen functional groups attached to an aromatic ring is 1. The van der Waals surface area contributed by atoms with E-state index in [4.69, 9.17) is 10.5 Å². The van der Waals surface area contributed by atoms with Crippen LogP contribution in [-0.4, -0.2) is 26.2 Å². The van der Waals surface area contributed by atoms with Gasteiger partial charge in [0.15, 0.2) is 0 Å². The van der Waals surface area contributed by atoms with Crippen LogP contribution < -0.4 is 10.6 Å². The van der Waals surface area contributed by atoms with Gasteiger partial charge in [-0.15, -0.1) is 6.58 Å². The summed E-state index contributed by atoms with van der Waals surface area (Å²) in [6.07, 6.45) is 2.50. The van der Waals surface area contributed by atoms with Crippen LogP contribution in [0.15, 0.2) is 36.9 Å². The van der Waals surface area contributed by atoms with Crippen LogP contribution in [0.25, 0.3) is 0 Å². The van der Waals surface area contributed by atoms with Gasteiger partial charge in [0.25, 0.3) is 5.91 Å². The van der Waals surface area contributed by atoms with Gasteiger partial charge in [0.2, 0.25) is 0 Å². The zero-order valence-electron chi connectivity index (χ0n) is 10.1. The molecule has 1 amide bonds. The molecular formula is C13H18N2O2. The Labute approximate surface area is 102 Å². The van der Waals surface area contributed by atoms with Gasteiger partial charge in [0, 0.05) is 18.4 Å². The zero-order chi connectivity index (χ0) is 12.7. The second-order valence-electron chi connectivity index (χ2n) is 3.68. The highest BCUT2D eigenvalue weighted by Crippen LogP contribution is 2.15. The van der Waals surface area contributed by atoms with Gasteiger partial charge in [0.1, 0.15) is 6.61 Å².